The molecule has 1 aromatic rings. The van der Waals surface area contributed by atoms with Crippen LogP contribution in [0, 0.1) is 11.6 Å². The first kappa shape index (κ1) is 8.07. The molecule has 0 aliphatic carbocycles. The SMILES string of the molecule is Nc1cc(F)c(F)c(Cl)c1N. The summed E-state index contributed by atoms with van der Waals surface area (Å²) >= 11 is 5.27. The topological polar surface area (TPSA) is 52.0 Å². The first-order chi connectivity index (χ1) is 5.04. The zero-order valence-electron chi connectivity index (χ0n) is 5.37. The van der Waals surface area contributed by atoms with E-state index in [0.29, 0.717) is 0 Å². The molecular formula is C6H5ClF2N2. The van der Waals surface area contributed by atoms with Gasteiger partial charge in [0.1, 0.15) is 5.02 Å². The van der Waals surface area contributed by atoms with Gasteiger partial charge in [0.15, 0.2) is 11.6 Å². The van der Waals surface area contributed by atoms with Crippen molar-refractivity contribution in [2.75, 3.05) is 11.5 Å². The van der Waals surface area contributed by atoms with E-state index in [1.165, 1.54) is 0 Å². The van der Waals surface area contributed by atoms with E-state index in [1.807, 2.05) is 0 Å². The molecule has 0 unspecified atom stereocenters. The summed E-state index contributed by atoms with van der Waals surface area (Å²) in [5, 5.41) is -0.470. The van der Waals surface area contributed by atoms with E-state index >= 15 is 0 Å². The van der Waals surface area contributed by atoms with Crippen LogP contribution >= 0.6 is 11.6 Å². The van der Waals surface area contributed by atoms with Gasteiger partial charge in [-0.1, -0.05) is 11.6 Å². The lowest BCUT2D eigenvalue weighted by atomic mass is 10.2. The standard InChI is InChI=1S/C6H5ClF2N2/c7-4-5(9)2(8)1-3(10)6(4)11/h1H,10-11H2. The Bertz CT molecular complexity index is 275. The summed E-state index contributed by atoms with van der Waals surface area (Å²) in [7, 11) is 0. The Morgan fingerprint density at radius 2 is 1.82 bits per heavy atom. The number of nitrogens with two attached hydrogens (primary N) is 2. The fourth-order valence-corrected chi connectivity index (χ4v) is 0.827. The van der Waals surface area contributed by atoms with Crippen LogP contribution in [-0.2, 0) is 0 Å². The molecule has 0 saturated carbocycles. The predicted molar refractivity (Wildman–Crippen MR) is 40.2 cm³/mol. The number of nitrogen functional groups attached to an aromatic ring is 2. The molecule has 0 amide bonds. The van der Waals surface area contributed by atoms with Crippen LogP contribution in [-0.4, -0.2) is 0 Å². The van der Waals surface area contributed by atoms with Crippen molar-refractivity contribution in [1.29, 1.82) is 0 Å². The Morgan fingerprint density at radius 1 is 1.27 bits per heavy atom. The number of anilines is 2. The van der Waals surface area contributed by atoms with E-state index in [0.717, 1.165) is 6.07 Å². The molecule has 0 saturated heterocycles. The van der Waals surface area contributed by atoms with Crippen molar-refractivity contribution < 1.29 is 8.78 Å². The number of halogens is 3. The normalized spacial score (nSPS) is 10.1. The maximum atomic E-state index is 12.5. The zero-order valence-corrected chi connectivity index (χ0v) is 6.12. The molecule has 60 valence electrons. The minimum atomic E-state index is -1.17. The van der Waals surface area contributed by atoms with Gasteiger partial charge in [0.2, 0.25) is 0 Å². The van der Waals surface area contributed by atoms with Crippen LogP contribution in [0.25, 0.3) is 0 Å². The lowest BCUT2D eigenvalue weighted by Crippen LogP contribution is -1.99. The van der Waals surface area contributed by atoms with Crippen LogP contribution in [0.3, 0.4) is 0 Å². The molecule has 0 atom stereocenters. The van der Waals surface area contributed by atoms with E-state index in [-0.39, 0.29) is 11.4 Å². The summed E-state index contributed by atoms with van der Waals surface area (Å²) in [6, 6.07) is 0.788. The third-order valence-electron chi connectivity index (χ3n) is 1.23. The molecule has 1 aromatic carbocycles. The van der Waals surface area contributed by atoms with Crippen molar-refractivity contribution in [3.63, 3.8) is 0 Å². The second kappa shape index (κ2) is 2.54. The van der Waals surface area contributed by atoms with Crippen molar-refractivity contribution in [3.05, 3.63) is 22.7 Å². The fourth-order valence-electron chi connectivity index (χ4n) is 0.627. The third-order valence-corrected chi connectivity index (χ3v) is 1.60. The Labute approximate surface area is 66.7 Å². The number of hydrogen-bond donors (Lipinski definition) is 2. The lowest BCUT2D eigenvalue weighted by Gasteiger charge is -2.03. The van der Waals surface area contributed by atoms with Gasteiger partial charge in [0.25, 0.3) is 0 Å². The molecule has 0 heterocycles. The zero-order chi connectivity index (χ0) is 8.59. The van der Waals surface area contributed by atoms with E-state index < -0.39 is 16.7 Å². The van der Waals surface area contributed by atoms with Crippen LogP contribution in [0.15, 0.2) is 6.07 Å². The molecule has 11 heavy (non-hydrogen) atoms. The largest absolute Gasteiger partial charge is 0.397 e. The third kappa shape index (κ3) is 1.21. The van der Waals surface area contributed by atoms with E-state index in [2.05, 4.69) is 0 Å². The maximum absolute atomic E-state index is 12.5. The van der Waals surface area contributed by atoms with Crippen molar-refractivity contribution in [3.8, 4) is 0 Å². The van der Waals surface area contributed by atoms with Crippen LogP contribution in [0.2, 0.25) is 5.02 Å². The highest BCUT2D eigenvalue weighted by Gasteiger charge is 2.12. The van der Waals surface area contributed by atoms with Gasteiger partial charge < -0.3 is 11.5 Å². The number of hydrogen-bond acceptors (Lipinski definition) is 2. The monoisotopic (exact) mass is 178 g/mol. The van der Waals surface area contributed by atoms with Gasteiger partial charge in [0, 0.05) is 6.07 Å². The van der Waals surface area contributed by atoms with Crippen molar-refractivity contribution >= 4 is 23.0 Å². The summed E-state index contributed by atoms with van der Waals surface area (Å²) in [5.74, 6) is -2.26. The lowest BCUT2D eigenvalue weighted by molar-refractivity contribution is 0.510. The quantitative estimate of drug-likeness (QED) is 0.470. The molecule has 0 aromatic heterocycles. The highest BCUT2D eigenvalue weighted by molar-refractivity contribution is 6.33. The van der Waals surface area contributed by atoms with Gasteiger partial charge in [-0.05, 0) is 0 Å². The van der Waals surface area contributed by atoms with Gasteiger partial charge in [-0.25, -0.2) is 8.78 Å². The van der Waals surface area contributed by atoms with Gasteiger partial charge in [-0.15, -0.1) is 0 Å². The minimum Gasteiger partial charge on any atom is -0.397 e. The maximum Gasteiger partial charge on any atom is 0.179 e. The van der Waals surface area contributed by atoms with Gasteiger partial charge >= 0.3 is 0 Å². The summed E-state index contributed by atoms with van der Waals surface area (Å²) in [6.07, 6.45) is 0. The van der Waals surface area contributed by atoms with E-state index in [9.17, 15) is 8.78 Å². The molecule has 0 radical (unpaired) electrons. The second-order valence-corrected chi connectivity index (χ2v) is 2.37. The van der Waals surface area contributed by atoms with Gasteiger partial charge in [-0.3, -0.25) is 0 Å². The molecule has 0 spiro atoms. The Hall–Kier alpha value is -1.03. The molecule has 1 rings (SSSR count). The van der Waals surface area contributed by atoms with E-state index in [1.54, 1.807) is 0 Å². The summed E-state index contributed by atoms with van der Waals surface area (Å²) < 4.78 is 25.0. The highest BCUT2D eigenvalue weighted by atomic mass is 35.5. The number of benzene rings is 1. The average molecular weight is 179 g/mol. The number of rotatable bonds is 0. The molecule has 5 heteroatoms. The summed E-state index contributed by atoms with van der Waals surface area (Å²) in [5.41, 5.74) is 10.2. The molecule has 0 fully saturated rings. The smallest absolute Gasteiger partial charge is 0.179 e. The van der Waals surface area contributed by atoms with Crippen molar-refractivity contribution in [2.45, 2.75) is 0 Å². The fraction of sp³-hybridized carbons (Fsp3) is 0. The van der Waals surface area contributed by atoms with Crippen molar-refractivity contribution in [1.82, 2.24) is 0 Å². The Balaban J connectivity index is 3.46. The Kier molecular flexibility index (Phi) is 1.87. The molecule has 4 N–H and O–H groups in total. The van der Waals surface area contributed by atoms with Gasteiger partial charge in [-0.2, -0.15) is 0 Å². The molecule has 0 aliphatic rings. The average Bonchev–Trinajstić information content (AvgIpc) is 1.97. The first-order valence-electron chi connectivity index (χ1n) is 2.72. The molecule has 0 aliphatic heterocycles. The summed E-state index contributed by atoms with van der Waals surface area (Å²) in [6.45, 7) is 0. The summed E-state index contributed by atoms with van der Waals surface area (Å²) in [4.78, 5) is 0. The van der Waals surface area contributed by atoms with Crippen molar-refractivity contribution in [2.24, 2.45) is 0 Å². The molecule has 2 nitrogen and oxygen atoms in total. The highest BCUT2D eigenvalue weighted by Crippen LogP contribution is 2.29. The van der Waals surface area contributed by atoms with Crippen LogP contribution in [0.1, 0.15) is 0 Å². The van der Waals surface area contributed by atoms with Crippen LogP contribution < -0.4 is 11.5 Å². The minimum absolute atomic E-state index is 0.0612. The second-order valence-electron chi connectivity index (χ2n) is 1.99. The van der Waals surface area contributed by atoms with Crippen LogP contribution in [0.5, 0.6) is 0 Å². The van der Waals surface area contributed by atoms with E-state index in [4.69, 9.17) is 23.1 Å². The first-order valence-corrected chi connectivity index (χ1v) is 3.10. The Morgan fingerprint density at radius 3 is 2.36 bits per heavy atom. The molecule has 0 bridgehead atoms. The molecular weight excluding hydrogens is 174 g/mol. The van der Waals surface area contributed by atoms with Gasteiger partial charge in [0.05, 0.1) is 11.4 Å². The predicted octanol–water partition coefficient (Wildman–Crippen LogP) is 1.78. The van der Waals surface area contributed by atoms with Crippen LogP contribution in [0.4, 0.5) is 20.2 Å².